The summed E-state index contributed by atoms with van der Waals surface area (Å²) in [7, 11) is 1.85. The molecular formula is C19H19N3O2S. The summed E-state index contributed by atoms with van der Waals surface area (Å²) in [6.45, 7) is 6.38. The highest BCUT2D eigenvalue weighted by molar-refractivity contribution is 7.16. The van der Waals surface area contributed by atoms with Gasteiger partial charge in [-0.3, -0.25) is 4.79 Å². The maximum absolute atomic E-state index is 12.7. The van der Waals surface area contributed by atoms with E-state index in [2.05, 4.69) is 11.4 Å². The number of amides is 1. The van der Waals surface area contributed by atoms with E-state index in [1.165, 1.54) is 11.3 Å². The number of carbonyl (C=O) groups excluding carboxylic acids is 1. The van der Waals surface area contributed by atoms with E-state index in [1.54, 1.807) is 0 Å². The lowest BCUT2D eigenvalue weighted by Gasteiger charge is -2.06. The Hall–Kier alpha value is -2.78. The van der Waals surface area contributed by atoms with Crippen molar-refractivity contribution in [2.75, 3.05) is 11.9 Å². The average Bonchev–Trinajstić information content (AvgIpc) is 3.05. The Labute approximate surface area is 150 Å². The van der Waals surface area contributed by atoms with Gasteiger partial charge in [-0.2, -0.15) is 5.26 Å². The Balaban J connectivity index is 1.96. The van der Waals surface area contributed by atoms with Crippen molar-refractivity contribution in [1.82, 2.24) is 4.57 Å². The van der Waals surface area contributed by atoms with Gasteiger partial charge in [-0.1, -0.05) is 0 Å². The summed E-state index contributed by atoms with van der Waals surface area (Å²) in [6, 6.07) is 9.78. The van der Waals surface area contributed by atoms with E-state index in [-0.39, 0.29) is 5.91 Å². The van der Waals surface area contributed by atoms with Gasteiger partial charge in [0.2, 0.25) is 0 Å². The second-order valence-electron chi connectivity index (χ2n) is 5.80. The first-order chi connectivity index (χ1) is 12.0. The largest absolute Gasteiger partial charge is 0.494 e. The third-order valence-electron chi connectivity index (χ3n) is 4.28. The summed E-state index contributed by atoms with van der Waals surface area (Å²) in [5.41, 5.74) is 2.94. The molecule has 1 N–H and O–H groups in total. The number of nitriles is 1. The summed E-state index contributed by atoms with van der Waals surface area (Å²) in [4.78, 5) is 13.8. The van der Waals surface area contributed by atoms with Gasteiger partial charge in [-0.25, -0.2) is 0 Å². The Morgan fingerprint density at radius 1 is 1.36 bits per heavy atom. The molecule has 0 aliphatic heterocycles. The molecule has 0 saturated carbocycles. The molecule has 0 bridgehead atoms. The van der Waals surface area contributed by atoms with E-state index in [0.29, 0.717) is 22.9 Å². The quantitative estimate of drug-likeness (QED) is 0.757. The predicted octanol–water partition coefficient (Wildman–Crippen LogP) is 4.38. The summed E-state index contributed by atoms with van der Waals surface area (Å²) in [5.74, 6) is 0.554. The molecule has 0 unspecified atom stereocenters. The number of aromatic nitrogens is 1. The molecule has 3 aromatic rings. The van der Waals surface area contributed by atoms with Crippen molar-refractivity contribution in [1.29, 1.82) is 5.26 Å². The first-order valence-electron chi connectivity index (χ1n) is 8.00. The monoisotopic (exact) mass is 353 g/mol. The Kier molecular flexibility index (Phi) is 4.51. The molecule has 0 aliphatic rings. The minimum absolute atomic E-state index is 0.227. The van der Waals surface area contributed by atoms with Gasteiger partial charge in [0.1, 0.15) is 22.5 Å². The topological polar surface area (TPSA) is 67.0 Å². The van der Waals surface area contributed by atoms with Crippen LogP contribution >= 0.6 is 11.3 Å². The molecular weight excluding hydrogens is 334 g/mol. The van der Waals surface area contributed by atoms with Crippen LogP contribution in [0.5, 0.6) is 5.75 Å². The number of aryl methyl sites for hydroxylation is 2. The fourth-order valence-electron chi connectivity index (χ4n) is 2.82. The number of thiophene rings is 1. The zero-order chi connectivity index (χ0) is 18.1. The molecule has 1 aromatic carbocycles. The molecule has 0 saturated heterocycles. The van der Waals surface area contributed by atoms with Crippen LogP contribution in [0, 0.1) is 25.2 Å². The number of benzene rings is 1. The molecule has 3 rings (SSSR count). The van der Waals surface area contributed by atoms with E-state index in [4.69, 9.17) is 4.74 Å². The molecule has 0 spiro atoms. The van der Waals surface area contributed by atoms with Crippen molar-refractivity contribution in [3.8, 4) is 11.8 Å². The van der Waals surface area contributed by atoms with E-state index in [9.17, 15) is 10.1 Å². The molecule has 128 valence electrons. The van der Waals surface area contributed by atoms with Gasteiger partial charge in [0.05, 0.1) is 12.2 Å². The molecule has 0 fully saturated rings. The lowest BCUT2D eigenvalue weighted by molar-refractivity contribution is 0.102. The molecule has 5 nitrogen and oxygen atoms in total. The summed E-state index contributed by atoms with van der Waals surface area (Å²) in [6.07, 6.45) is 0. The van der Waals surface area contributed by atoms with Crippen molar-refractivity contribution in [3.05, 3.63) is 46.0 Å². The normalized spacial score (nSPS) is 10.7. The van der Waals surface area contributed by atoms with Crippen molar-refractivity contribution in [3.63, 3.8) is 0 Å². The van der Waals surface area contributed by atoms with Crippen molar-refractivity contribution in [2.45, 2.75) is 20.8 Å². The second kappa shape index (κ2) is 6.61. The summed E-state index contributed by atoms with van der Waals surface area (Å²) >= 11 is 1.43. The standard InChI is InChI=1S/C19H19N3O2S/c1-5-24-14-6-7-16-13(8-14)9-17(22(16)4)18(23)21-19-15(10-20)11(2)12(3)25-19/h6-9H,5H2,1-4H3,(H,21,23). The van der Waals surface area contributed by atoms with E-state index in [0.717, 1.165) is 27.1 Å². The van der Waals surface area contributed by atoms with E-state index >= 15 is 0 Å². The van der Waals surface area contributed by atoms with Crippen LogP contribution < -0.4 is 10.1 Å². The number of hydrogen-bond acceptors (Lipinski definition) is 4. The molecule has 0 aliphatic carbocycles. The van der Waals surface area contributed by atoms with Crippen LogP contribution in [0.3, 0.4) is 0 Å². The summed E-state index contributed by atoms with van der Waals surface area (Å²) in [5, 5.41) is 13.8. The number of nitrogens with zero attached hydrogens (tertiary/aromatic N) is 2. The molecule has 0 atom stereocenters. The number of anilines is 1. The zero-order valence-corrected chi connectivity index (χ0v) is 15.5. The predicted molar refractivity (Wildman–Crippen MR) is 101 cm³/mol. The molecule has 1 amide bonds. The zero-order valence-electron chi connectivity index (χ0n) is 14.6. The van der Waals surface area contributed by atoms with Gasteiger partial charge in [0.15, 0.2) is 0 Å². The van der Waals surface area contributed by atoms with Gasteiger partial charge >= 0.3 is 0 Å². The van der Waals surface area contributed by atoms with Crippen LogP contribution in [-0.2, 0) is 7.05 Å². The van der Waals surface area contributed by atoms with Crippen LogP contribution in [0.25, 0.3) is 10.9 Å². The van der Waals surface area contributed by atoms with Crippen LogP contribution in [-0.4, -0.2) is 17.1 Å². The van der Waals surface area contributed by atoms with E-state index in [1.807, 2.05) is 56.7 Å². The minimum atomic E-state index is -0.227. The number of carbonyl (C=O) groups is 1. The minimum Gasteiger partial charge on any atom is -0.494 e. The maximum Gasteiger partial charge on any atom is 0.272 e. The molecule has 2 aromatic heterocycles. The first-order valence-corrected chi connectivity index (χ1v) is 8.81. The molecule has 25 heavy (non-hydrogen) atoms. The first kappa shape index (κ1) is 17.1. The van der Waals surface area contributed by atoms with Gasteiger partial charge < -0.3 is 14.6 Å². The van der Waals surface area contributed by atoms with E-state index < -0.39 is 0 Å². The SMILES string of the molecule is CCOc1ccc2c(c1)cc(C(=O)Nc1sc(C)c(C)c1C#N)n2C. The maximum atomic E-state index is 12.7. The Morgan fingerprint density at radius 3 is 2.80 bits per heavy atom. The average molecular weight is 353 g/mol. The Bertz CT molecular complexity index is 1010. The number of ether oxygens (including phenoxy) is 1. The van der Waals surface area contributed by atoms with Gasteiger partial charge in [-0.15, -0.1) is 11.3 Å². The third kappa shape index (κ3) is 2.99. The fraction of sp³-hybridized carbons (Fsp3) is 0.263. The van der Waals surface area contributed by atoms with Crippen molar-refractivity contribution >= 4 is 33.1 Å². The van der Waals surface area contributed by atoms with Crippen LogP contribution in [0.2, 0.25) is 0 Å². The number of rotatable bonds is 4. The number of fused-ring (bicyclic) bond motifs is 1. The summed E-state index contributed by atoms with van der Waals surface area (Å²) < 4.78 is 7.37. The van der Waals surface area contributed by atoms with Crippen LogP contribution in [0.1, 0.15) is 33.4 Å². The highest BCUT2D eigenvalue weighted by Gasteiger charge is 2.18. The third-order valence-corrected chi connectivity index (χ3v) is 5.40. The van der Waals surface area contributed by atoms with Crippen LogP contribution in [0.4, 0.5) is 5.00 Å². The molecule has 0 radical (unpaired) electrons. The van der Waals surface area contributed by atoms with Crippen molar-refractivity contribution in [2.24, 2.45) is 7.05 Å². The fourth-order valence-corrected chi connectivity index (χ4v) is 3.82. The Morgan fingerprint density at radius 2 is 2.12 bits per heavy atom. The second-order valence-corrected chi connectivity index (χ2v) is 7.02. The lowest BCUT2D eigenvalue weighted by Crippen LogP contribution is -2.15. The molecule has 6 heteroatoms. The van der Waals surface area contributed by atoms with Crippen LogP contribution in [0.15, 0.2) is 24.3 Å². The lowest BCUT2D eigenvalue weighted by atomic mass is 10.2. The highest BCUT2D eigenvalue weighted by Crippen LogP contribution is 2.32. The molecule has 2 heterocycles. The van der Waals surface area contributed by atoms with Gasteiger partial charge in [0, 0.05) is 22.8 Å². The number of hydrogen-bond donors (Lipinski definition) is 1. The smallest absolute Gasteiger partial charge is 0.272 e. The number of nitrogens with one attached hydrogen (secondary N) is 1. The van der Waals surface area contributed by atoms with Gasteiger partial charge in [-0.05, 0) is 50.6 Å². The van der Waals surface area contributed by atoms with Crippen molar-refractivity contribution < 1.29 is 9.53 Å². The van der Waals surface area contributed by atoms with Gasteiger partial charge in [0.25, 0.3) is 5.91 Å². The highest BCUT2D eigenvalue weighted by atomic mass is 32.1.